The summed E-state index contributed by atoms with van der Waals surface area (Å²) in [4.78, 5) is 8.30. The van der Waals surface area contributed by atoms with E-state index in [9.17, 15) is 0 Å². The first-order valence-electron chi connectivity index (χ1n) is 7.38. The Hall–Kier alpha value is -3.42. The van der Waals surface area contributed by atoms with Crippen LogP contribution >= 0.6 is 0 Å². The van der Waals surface area contributed by atoms with Gasteiger partial charge in [-0.1, -0.05) is 6.07 Å². The molecule has 8 nitrogen and oxygen atoms in total. The standard InChI is InChI=1S/C16H15N7O/c1-22-10-18-14(20-22)9-24-12-7-5-11(6-8-12)13-3-2-4-15-19-16(17)21-23(13)15/h2-8,10H,9H2,1H3,(H2,17,21). The van der Waals surface area contributed by atoms with Gasteiger partial charge in [0.15, 0.2) is 11.5 Å². The highest BCUT2D eigenvalue weighted by Gasteiger charge is 2.07. The average Bonchev–Trinajstić information content (AvgIpc) is 3.17. The van der Waals surface area contributed by atoms with Crippen molar-refractivity contribution in [3.8, 4) is 17.0 Å². The topological polar surface area (TPSA) is 96.1 Å². The number of aryl methyl sites for hydroxylation is 1. The van der Waals surface area contributed by atoms with E-state index in [4.69, 9.17) is 10.5 Å². The second kappa shape index (κ2) is 5.65. The van der Waals surface area contributed by atoms with Gasteiger partial charge in [0.05, 0.1) is 5.69 Å². The van der Waals surface area contributed by atoms with Crippen molar-refractivity contribution in [2.24, 2.45) is 7.05 Å². The van der Waals surface area contributed by atoms with Crippen molar-refractivity contribution in [2.45, 2.75) is 6.61 Å². The SMILES string of the molecule is Cn1cnc(COc2ccc(-c3cccc4nc(N)nn34)cc2)n1. The molecule has 0 radical (unpaired) electrons. The lowest BCUT2D eigenvalue weighted by Crippen LogP contribution is -1.99. The highest BCUT2D eigenvalue weighted by molar-refractivity contribution is 5.64. The molecule has 0 saturated carbocycles. The lowest BCUT2D eigenvalue weighted by molar-refractivity contribution is 0.295. The molecular formula is C16H15N7O. The number of fused-ring (bicyclic) bond motifs is 1. The highest BCUT2D eigenvalue weighted by Crippen LogP contribution is 2.23. The first kappa shape index (κ1) is 14.2. The molecule has 2 N–H and O–H groups in total. The Labute approximate surface area is 137 Å². The lowest BCUT2D eigenvalue weighted by Gasteiger charge is -2.07. The van der Waals surface area contributed by atoms with Crippen molar-refractivity contribution in [2.75, 3.05) is 5.73 Å². The second-order valence-electron chi connectivity index (χ2n) is 5.30. The van der Waals surface area contributed by atoms with Gasteiger partial charge in [0.1, 0.15) is 18.7 Å². The van der Waals surface area contributed by atoms with Gasteiger partial charge in [0.25, 0.3) is 0 Å². The Morgan fingerprint density at radius 2 is 1.92 bits per heavy atom. The first-order valence-corrected chi connectivity index (χ1v) is 7.38. The Bertz CT molecular complexity index is 987. The molecule has 0 atom stereocenters. The predicted octanol–water partition coefficient (Wildman–Crippen LogP) is 1.69. The number of hydrogen-bond acceptors (Lipinski definition) is 6. The second-order valence-corrected chi connectivity index (χ2v) is 5.30. The van der Waals surface area contributed by atoms with Crippen molar-refractivity contribution >= 4 is 11.6 Å². The number of ether oxygens (including phenoxy) is 1. The zero-order valence-corrected chi connectivity index (χ0v) is 13.0. The number of aromatic nitrogens is 6. The summed E-state index contributed by atoms with van der Waals surface area (Å²) in [6, 6.07) is 13.5. The molecule has 0 aliphatic carbocycles. The molecule has 0 aliphatic heterocycles. The summed E-state index contributed by atoms with van der Waals surface area (Å²) in [6.07, 6.45) is 1.65. The van der Waals surface area contributed by atoms with Crippen LogP contribution in [-0.4, -0.2) is 29.4 Å². The van der Waals surface area contributed by atoms with E-state index in [-0.39, 0.29) is 5.95 Å². The third kappa shape index (κ3) is 2.65. The molecule has 3 heterocycles. The Balaban J connectivity index is 1.56. The summed E-state index contributed by atoms with van der Waals surface area (Å²) in [6.45, 7) is 0.329. The van der Waals surface area contributed by atoms with Gasteiger partial charge >= 0.3 is 0 Å². The summed E-state index contributed by atoms with van der Waals surface area (Å²) in [5.74, 6) is 1.64. The third-order valence-electron chi connectivity index (χ3n) is 3.54. The van der Waals surface area contributed by atoms with E-state index in [1.54, 1.807) is 15.5 Å². The fourth-order valence-corrected chi connectivity index (χ4v) is 2.46. The van der Waals surface area contributed by atoms with Crippen LogP contribution < -0.4 is 10.5 Å². The third-order valence-corrected chi connectivity index (χ3v) is 3.54. The molecule has 3 aromatic heterocycles. The summed E-state index contributed by atoms with van der Waals surface area (Å²) < 4.78 is 9.07. The van der Waals surface area contributed by atoms with Crippen LogP contribution in [0.5, 0.6) is 5.75 Å². The monoisotopic (exact) mass is 321 g/mol. The zero-order chi connectivity index (χ0) is 16.5. The van der Waals surface area contributed by atoms with Gasteiger partial charge in [-0.25, -0.2) is 9.50 Å². The van der Waals surface area contributed by atoms with Crippen LogP contribution in [0.3, 0.4) is 0 Å². The minimum atomic E-state index is 0.255. The van der Waals surface area contributed by atoms with Crippen LogP contribution in [0.2, 0.25) is 0 Å². The first-order chi connectivity index (χ1) is 11.7. The Kier molecular flexibility index (Phi) is 3.34. The molecule has 0 fully saturated rings. The summed E-state index contributed by atoms with van der Waals surface area (Å²) in [5.41, 5.74) is 8.30. The minimum Gasteiger partial charge on any atom is -0.486 e. The van der Waals surface area contributed by atoms with Crippen LogP contribution in [0.15, 0.2) is 48.8 Å². The minimum absolute atomic E-state index is 0.255. The number of benzene rings is 1. The number of pyridine rings is 1. The molecule has 4 rings (SSSR count). The normalized spacial score (nSPS) is 11.0. The molecule has 0 amide bonds. The van der Waals surface area contributed by atoms with E-state index in [1.165, 1.54) is 0 Å². The van der Waals surface area contributed by atoms with Gasteiger partial charge in [-0.15, -0.1) is 5.10 Å². The molecule has 0 saturated heterocycles. The molecular weight excluding hydrogens is 306 g/mol. The van der Waals surface area contributed by atoms with Crippen LogP contribution in [0, 0.1) is 0 Å². The van der Waals surface area contributed by atoms with Crippen molar-refractivity contribution in [3.05, 3.63) is 54.6 Å². The molecule has 0 unspecified atom stereocenters. The molecule has 0 spiro atoms. The maximum atomic E-state index is 5.69. The van der Waals surface area contributed by atoms with Gasteiger partial charge in [-0.05, 0) is 36.4 Å². The lowest BCUT2D eigenvalue weighted by atomic mass is 10.1. The van der Waals surface area contributed by atoms with Gasteiger partial charge in [-0.2, -0.15) is 10.1 Å². The van der Waals surface area contributed by atoms with Crippen LogP contribution in [0.25, 0.3) is 16.9 Å². The van der Waals surface area contributed by atoms with Gasteiger partial charge in [0.2, 0.25) is 5.95 Å². The smallest absolute Gasteiger partial charge is 0.240 e. The van der Waals surface area contributed by atoms with Gasteiger partial charge < -0.3 is 10.5 Å². The number of anilines is 1. The van der Waals surface area contributed by atoms with E-state index < -0.39 is 0 Å². The fraction of sp³-hybridized carbons (Fsp3) is 0.125. The predicted molar refractivity (Wildman–Crippen MR) is 88.2 cm³/mol. The van der Waals surface area contributed by atoms with Crippen molar-refractivity contribution in [1.82, 2.24) is 29.4 Å². The van der Waals surface area contributed by atoms with Gasteiger partial charge in [-0.3, -0.25) is 4.68 Å². The van der Waals surface area contributed by atoms with Crippen LogP contribution in [-0.2, 0) is 13.7 Å². The number of hydrogen-bond donors (Lipinski definition) is 1. The van der Waals surface area contributed by atoms with Crippen molar-refractivity contribution < 1.29 is 4.74 Å². The maximum Gasteiger partial charge on any atom is 0.240 e. The summed E-state index contributed by atoms with van der Waals surface area (Å²) >= 11 is 0. The quantitative estimate of drug-likeness (QED) is 0.614. The molecule has 24 heavy (non-hydrogen) atoms. The molecule has 4 aromatic rings. The van der Waals surface area contributed by atoms with Crippen LogP contribution in [0.1, 0.15) is 5.82 Å². The van der Waals surface area contributed by atoms with E-state index in [2.05, 4.69) is 20.2 Å². The summed E-state index contributed by atoms with van der Waals surface area (Å²) in [7, 11) is 1.82. The number of nitrogens with zero attached hydrogens (tertiary/aromatic N) is 6. The van der Waals surface area contributed by atoms with E-state index >= 15 is 0 Å². The average molecular weight is 321 g/mol. The van der Waals surface area contributed by atoms with E-state index in [0.29, 0.717) is 18.1 Å². The molecule has 8 heteroatoms. The molecule has 120 valence electrons. The summed E-state index contributed by atoms with van der Waals surface area (Å²) in [5, 5.41) is 8.40. The molecule has 0 bridgehead atoms. The number of nitrogens with two attached hydrogens (primary N) is 1. The van der Waals surface area contributed by atoms with Crippen molar-refractivity contribution in [3.63, 3.8) is 0 Å². The van der Waals surface area contributed by atoms with Crippen LogP contribution in [0.4, 0.5) is 5.95 Å². The zero-order valence-electron chi connectivity index (χ0n) is 13.0. The maximum absolute atomic E-state index is 5.69. The number of nitrogen functional groups attached to an aromatic ring is 1. The Morgan fingerprint density at radius 1 is 1.08 bits per heavy atom. The fourth-order valence-electron chi connectivity index (χ4n) is 2.46. The molecule has 0 aliphatic rings. The largest absolute Gasteiger partial charge is 0.486 e. The van der Waals surface area contributed by atoms with Gasteiger partial charge in [0, 0.05) is 12.6 Å². The highest BCUT2D eigenvalue weighted by atomic mass is 16.5. The molecule has 1 aromatic carbocycles. The van der Waals surface area contributed by atoms with Crippen molar-refractivity contribution in [1.29, 1.82) is 0 Å². The Morgan fingerprint density at radius 3 is 2.67 bits per heavy atom. The van der Waals surface area contributed by atoms with E-state index in [1.807, 2.05) is 49.5 Å². The number of rotatable bonds is 4. The van der Waals surface area contributed by atoms with E-state index in [0.717, 1.165) is 17.0 Å².